The predicted octanol–water partition coefficient (Wildman–Crippen LogP) is 6.91. The third kappa shape index (κ3) is 5.26. The van der Waals surface area contributed by atoms with E-state index < -0.39 is 11.6 Å². The zero-order valence-electron chi connectivity index (χ0n) is 15.9. The number of halogens is 2. The highest BCUT2D eigenvalue weighted by atomic mass is 32.2. The Morgan fingerprint density at radius 1 is 0.963 bits per heavy atom. The van der Waals surface area contributed by atoms with E-state index in [0.29, 0.717) is 23.2 Å². The van der Waals surface area contributed by atoms with E-state index in [0.717, 1.165) is 30.6 Å². The molecule has 1 nitrogen and oxygen atoms in total. The Labute approximate surface area is 165 Å². The molecule has 0 unspecified atom stereocenters. The molecule has 0 N–H and O–H groups in total. The topological polar surface area (TPSA) is 23.8 Å². The quantitative estimate of drug-likeness (QED) is 0.319. The summed E-state index contributed by atoms with van der Waals surface area (Å²) in [6.07, 6.45) is 11.6. The van der Waals surface area contributed by atoms with Gasteiger partial charge in [-0.3, -0.25) is 0 Å². The van der Waals surface area contributed by atoms with E-state index in [4.69, 9.17) is 5.26 Å². The minimum absolute atomic E-state index is 0.249. The van der Waals surface area contributed by atoms with Crippen molar-refractivity contribution in [3.63, 3.8) is 0 Å². The van der Waals surface area contributed by atoms with Crippen LogP contribution in [0.3, 0.4) is 0 Å². The lowest BCUT2D eigenvalue weighted by Gasteiger charge is -2.36. The van der Waals surface area contributed by atoms with Crippen LogP contribution in [0.15, 0.2) is 17.0 Å². The third-order valence-corrected chi connectivity index (χ3v) is 7.16. The highest BCUT2D eigenvalue weighted by Crippen LogP contribution is 2.41. The summed E-state index contributed by atoms with van der Waals surface area (Å²) in [6.45, 7) is 2.31. The van der Waals surface area contributed by atoms with E-state index in [1.165, 1.54) is 57.1 Å². The maximum atomic E-state index is 13.9. The van der Waals surface area contributed by atoms with Gasteiger partial charge in [-0.05, 0) is 80.2 Å². The number of hydrogen-bond donors (Lipinski definition) is 0. The smallest absolute Gasteiger partial charge is 0.142 e. The van der Waals surface area contributed by atoms with E-state index >= 15 is 0 Å². The van der Waals surface area contributed by atoms with Gasteiger partial charge in [-0.25, -0.2) is 8.78 Å². The Balaban J connectivity index is 1.54. The molecule has 0 bridgehead atoms. The second-order valence-electron chi connectivity index (χ2n) is 8.03. The van der Waals surface area contributed by atoms with Crippen molar-refractivity contribution in [3.05, 3.63) is 29.3 Å². The fourth-order valence-corrected chi connectivity index (χ4v) is 5.17. The fraction of sp³-hybridized carbons (Fsp3) is 0.609. The zero-order chi connectivity index (χ0) is 19.2. The van der Waals surface area contributed by atoms with Gasteiger partial charge in [0.2, 0.25) is 0 Å². The molecule has 0 atom stereocenters. The van der Waals surface area contributed by atoms with Gasteiger partial charge >= 0.3 is 0 Å². The molecule has 1 aromatic rings. The predicted molar refractivity (Wildman–Crippen MR) is 106 cm³/mol. The van der Waals surface area contributed by atoms with Crippen LogP contribution in [0.25, 0.3) is 0 Å². The maximum Gasteiger partial charge on any atom is 0.142 e. The molecule has 0 spiro atoms. The second-order valence-corrected chi connectivity index (χ2v) is 8.83. The average Bonchev–Trinajstić information content (AvgIpc) is 2.70. The molecule has 27 heavy (non-hydrogen) atoms. The summed E-state index contributed by atoms with van der Waals surface area (Å²) in [5, 5.41) is 10.3. The van der Waals surface area contributed by atoms with Crippen LogP contribution >= 0.6 is 11.8 Å². The van der Waals surface area contributed by atoms with E-state index in [9.17, 15) is 8.78 Å². The maximum absolute atomic E-state index is 13.9. The average molecular weight is 388 g/mol. The summed E-state index contributed by atoms with van der Waals surface area (Å²) in [7, 11) is 0. The fourth-order valence-electron chi connectivity index (χ4n) is 4.76. The van der Waals surface area contributed by atoms with Crippen molar-refractivity contribution in [1.82, 2.24) is 0 Å². The van der Waals surface area contributed by atoms with Crippen molar-refractivity contribution in [2.45, 2.75) is 69.6 Å². The van der Waals surface area contributed by atoms with Crippen molar-refractivity contribution in [2.75, 3.05) is 0 Å². The third-order valence-electron chi connectivity index (χ3n) is 6.47. The van der Waals surface area contributed by atoms with Gasteiger partial charge in [0.15, 0.2) is 0 Å². The molecule has 0 aliphatic heterocycles. The highest BCUT2D eigenvalue weighted by molar-refractivity contribution is 8.03. The van der Waals surface area contributed by atoms with E-state index in [1.807, 2.05) is 0 Å². The molecule has 0 amide bonds. The lowest BCUT2D eigenvalue weighted by atomic mass is 9.69. The summed E-state index contributed by atoms with van der Waals surface area (Å²) < 4.78 is 27.8. The Morgan fingerprint density at radius 2 is 1.52 bits per heavy atom. The van der Waals surface area contributed by atoms with Crippen LogP contribution in [0, 0.1) is 57.8 Å². The molecule has 2 aliphatic rings. The van der Waals surface area contributed by atoms with E-state index in [-0.39, 0.29) is 4.90 Å². The van der Waals surface area contributed by atoms with Crippen LogP contribution in [0.1, 0.15) is 70.3 Å². The Hall–Kier alpha value is -1.52. The molecule has 144 valence electrons. The summed E-state index contributed by atoms with van der Waals surface area (Å²) >= 11 is 0.506. The first-order chi connectivity index (χ1) is 13.1. The molecule has 0 heterocycles. The number of thiocyanates is 1. The van der Waals surface area contributed by atoms with Crippen LogP contribution in [0.2, 0.25) is 0 Å². The van der Waals surface area contributed by atoms with E-state index in [1.54, 1.807) is 5.40 Å². The second kappa shape index (κ2) is 9.61. The normalized spacial score (nSPS) is 28.1. The lowest BCUT2D eigenvalue weighted by Crippen LogP contribution is -2.25. The first-order valence-corrected chi connectivity index (χ1v) is 11.0. The molecule has 0 radical (unpaired) electrons. The van der Waals surface area contributed by atoms with Crippen LogP contribution in [-0.2, 0) is 0 Å². The summed E-state index contributed by atoms with van der Waals surface area (Å²) in [5.41, 5.74) is 0.354. The minimum Gasteiger partial charge on any atom is -0.206 e. The van der Waals surface area contributed by atoms with Crippen LogP contribution in [0.5, 0.6) is 0 Å². The van der Waals surface area contributed by atoms with E-state index in [2.05, 4.69) is 18.8 Å². The SMILES string of the molecule is CCC1CCC(C2CCC(C#Cc3cc(F)c(SC#N)c(F)c3)CC2)CC1. The van der Waals surface area contributed by atoms with Crippen LogP contribution < -0.4 is 0 Å². The molecule has 1 aromatic carbocycles. The molecule has 4 heteroatoms. The number of thioether (sulfide) groups is 1. The van der Waals surface area contributed by atoms with Crippen molar-refractivity contribution in [3.8, 4) is 17.2 Å². The van der Waals surface area contributed by atoms with Gasteiger partial charge in [0.05, 0.1) is 4.90 Å². The van der Waals surface area contributed by atoms with Gasteiger partial charge in [0, 0.05) is 11.5 Å². The van der Waals surface area contributed by atoms with Crippen molar-refractivity contribution < 1.29 is 8.78 Å². The van der Waals surface area contributed by atoms with Gasteiger partial charge in [0.1, 0.15) is 17.0 Å². The molecule has 3 rings (SSSR count). The van der Waals surface area contributed by atoms with Gasteiger partial charge in [-0.1, -0.05) is 38.0 Å². The molecule has 0 aromatic heterocycles. The first-order valence-electron chi connectivity index (χ1n) is 10.2. The van der Waals surface area contributed by atoms with Gasteiger partial charge in [-0.2, -0.15) is 5.26 Å². The van der Waals surface area contributed by atoms with Crippen LogP contribution in [0.4, 0.5) is 8.78 Å². The Kier molecular flexibility index (Phi) is 7.20. The molecule has 2 saturated carbocycles. The number of nitrogens with zero attached hydrogens (tertiary/aromatic N) is 1. The molecular formula is C23H27F2NS. The van der Waals surface area contributed by atoms with Crippen molar-refractivity contribution >= 4 is 11.8 Å². The van der Waals surface area contributed by atoms with Gasteiger partial charge in [-0.15, -0.1) is 0 Å². The highest BCUT2D eigenvalue weighted by Gasteiger charge is 2.30. The van der Waals surface area contributed by atoms with Crippen molar-refractivity contribution in [2.24, 2.45) is 23.7 Å². The summed E-state index contributed by atoms with van der Waals surface area (Å²) in [5.74, 6) is 7.77. The standard InChI is InChI=1S/C23H27F2NS/c1-2-16-5-9-19(10-6-16)20-11-7-17(8-12-20)3-4-18-13-21(24)23(27-15-26)22(25)14-18/h13-14,16-17,19-20H,2,5-12H2,1H3. The Morgan fingerprint density at radius 3 is 2.04 bits per heavy atom. The first kappa shape index (κ1) is 20.2. The monoisotopic (exact) mass is 387 g/mol. The summed E-state index contributed by atoms with van der Waals surface area (Å²) in [6, 6.07) is 2.46. The molecule has 2 aliphatic carbocycles. The number of nitriles is 1. The lowest BCUT2D eigenvalue weighted by molar-refractivity contribution is 0.156. The molecule has 2 fully saturated rings. The number of rotatable bonds is 3. The van der Waals surface area contributed by atoms with Crippen LogP contribution in [-0.4, -0.2) is 0 Å². The Bertz CT molecular complexity index is 719. The molecule has 0 saturated heterocycles. The zero-order valence-corrected chi connectivity index (χ0v) is 16.8. The summed E-state index contributed by atoms with van der Waals surface area (Å²) in [4.78, 5) is -0.249. The molecular weight excluding hydrogens is 360 g/mol. The van der Waals surface area contributed by atoms with Gasteiger partial charge in [0.25, 0.3) is 0 Å². The van der Waals surface area contributed by atoms with Crippen molar-refractivity contribution in [1.29, 1.82) is 5.26 Å². The minimum atomic E-state index is -0.711. The number of benzene rings is 1. The number of hydrogen-bond acceptors (Lipinski definition) is 2. The van der Waals surface area contributed by atoms with Gasteiger partial charge < -0.3 is 0 Å². The largest absolute Gasteiger partial charge is 0.206 e.